The monoisotopic (exact) mass is 388 g/mol. The standard InChI is InChI=1S/C22H20N4O3/c1-2-29-22(28)16-7-9-17(10-8-16)25-21(27)18-13-20(24-14-23-18)26-12-11-15-5-3-4-6-19(15)26/h3-10,13-14H,2,11-12H2,1H3,(H,25,27). The number of ether oxygens (including phenoxy) is 1. The lowest BCUT2D eigenvalue weighted by Crippen LogP contribution is -2.18. The zero-order valence-electron chi connectivity index (χ0n) is 16.0. The minimum Gasteiger partial charge on any atom is -0.462 e. The number of carbonyl (C=O) groups excluding carboxylic acids is 2. The minimum atomic E-state index is -0.392. The van der Waals surface area contributed by atoms with Crippen molar-refractivity contribution in [2.24, 2.45) is 0 Å². The highest BCUT2D eigenvalue weighted by Gasteiger charge is 2.22. The predicted octanol–water partition coefficient (Wildman–Crippen LogP) is 3.60. The third kappa shape index (κ3) is 3.94. The molecule has 0 radical (unpaired) electrons. The summed E-state index contributed by atoms with van der Waals surface area (Å²) in [6.07, 6.45) is 2.34. The molecule has 2 aromatic carbocycles. The number of rotatable bonds is 5. The second kappa shape index (κ2) is 8.10. The summed E-state index contributed by atoms with van der Waals surface area (Å²) in [5.41, 5.74) is 3.64. The molecule has 1 N–H and O–H groups in total. The third-order valence-electron chi connectivity index (χ3n) is 4.70. The van der Waals surface area contributed by atoms with Crippen LogP contribution in [0.25, 0.3) is 0 Å². The molecule has 4 rings (SSSR count). The molecule has 146 valence electrons. The van der Waals surface area contributed by atoms with Gasteiger partial charge in [-0.15, -0.1) is 0 Å². The Morgan fingerprint density at radius 1 is 1.10 bits per heavy atom. The Labute approximate surface area is 168 Å². The van der Waals surface area contributed by atoms with Crippen molar-refractivity contribution in [3.05, 3.63) is 77.7 Å². The molecule has 29 heavy (non-hydrogen) atoms. The molecule has 0 bridgehead atoms. The number of hydrogen-bond donors (Lipinski definition) is 1. The van der Waals surface area contributed by atoms with Gasteiger partial charge in [-0.25, -0.2) is 14.8 Å². The number of hydrogen-bond acceptors (Lipinski definition) is 6. The number of nitrogens with one attached hydrogen (secondary N) is 1. The van der Waals surface area contributed by atoms with Gasteiger partial charge in [0, 0.05) is 24.0 Å². The number of fused-ring (bicyclic) bond motifs is 1. The maximum absolute atomic E-state index is 12.6. The van der Waals surface area contributed by atoms with Gasteiger partial charge < -0.3 is 15.0 Å². The maximum atomic E-state index is 12.6. The molecule has 0 fully saturated rings. The molecule has 7 nitrogen and oxygen atoms in total. The van der Waals surface area contributed by atoms with Crippen molar-refractivity contribution >= 4 is 29.1 Å². The van der Waals surface area contributed by atoms with Crippen LogP contribution in [0.3, 0.4) is 0 Å². The van der Waals surface area contributed by atoms with Gasteiger partial charge in [0.05, 0.1) is 12.2 Å². The molecule has 0 atom stereocenters. The smallest absolute Gasteiger partial charge is 0.338 e. The quantitative estimate of drug-likeness (QED) is 0.673. The first kappa shape index (κ1) is 18.6. The van der Waals surface area contributed by atoms with Gasteiger partial charge in [0.2, 0.25) is 0 Å². The lowest BCUT2D eigenvalue weighted by molar-refractivity contribution is 0.0526. The molecule has 3 aromatic rings. The van der Waals surface area contributed by atoms with Crippen molar-refractivity contribution < 1.29 is 14.3 Å². The summed E-state index contributed by atoms with van der Waals surface area (Å²) in [5, 5.41) is 2.79. The van der Waals surface area contributed by atoms with Crippen molar-refractivity contribution in [3.8, 4) is 0 Å². The van der Waals surface area contributed by atoms with Crippen LogP contribution in [-0.4, -0.2) is 35.0 Å². The predicted molar refractivity (Wildman–Crippen MR) is 110 cm³/mol. The van der Waals surface area contributed by atoms with Gasteiger partial charge in [-0.3, -0.25) is 4.79 Å². The third-order valence-corrected chi connectivity index (χ3v) is 4.70. The summed E-state index contributed by atoms with van der Waals surface area (Å²) in [7, 11) is 0. The number of anilines is 3. The van der Waals surface area contributed by atoms with Crippen LogP contribution < -0.4 is 10.2 Å². The van der Waals surface area contributed by atoms with E-state index < -0.39 is 5.97 Å². The summed E-state index contributed by atoms with van der Waals surface area (Å²) >= 11 is 0. The summed E-state index contributed by atoms with van der Waals surface area (Å²) in [6, 6.07) is 16.4. The lowest BCUT2D eigenvalue weighted by Gasteiger charge is -2.18. The van der Waals surface area contributed by atoms with Crippen LogP contribution in [0.2, 0.25) is 0 Å². The van der Waals surface area contributed by atoms with E-state index in [4.69, 9.17) is 4.74 Å². The van der Waals surface area contributed by atoms with E-state index >= 15 is 0 Å². The molecule has 1 aliphatic rings. The van der Waals surface area contributed by atoms with Crippen molar-refractivity contribution in [2.45, 2.75) is 13.3 Å². The molecular weight excluding hydrogens is 368 g/mol. The Balaban J connectivity index is 1.49. The number of para-hydroxylation sites is 1. The van der Waals surface area contributed by atoms with Gasteiger partial charge in [-0.2, -0.15) is 0 Å². The highest BCUT2D eigenvalue weighted by molar-refractivity contribution is 6.03. The average molecular weight is 388 g/mol. The van der Waals surface area contributed by atoms with Crippen molar-refractivity contribution in [1.29, 1.82) is 0 Å². The highest BCUT2D eigenvalue weighted by atomic mass is 16.5. The van der Waals surface area contributed by atoms with Crippen LogP contribution in [0.4, 0.5) is 17.2 Å². The van der Waals surface area contributed by atoms with E-state index in [9.17, 15) is 9.59 Å². The molecule has 1 aromatic heterocycles. The van der Waals surface area contributed by atoms with Crippen molar-refractivity contribution in [1.82, 2.24) is 9.97 Å². The summed E-state index contributed by atoms with van der Waals surface area (Å²) < 4.78 is 4.96. The first-order valence-corrected chi connectivity index (χ1v) is 9.41. The first-order valence-electron chi connectivity index (χ1n) is 9.41. The Bertz CT molecular complexity index is 1050. The minimum absolute atomic E-state index is 0.272. The van der Waals surface area contributed by atoms with Crippen LogP contribution >= 0.6 is 0 Å². The first-order chi connectivity index (χ1) is 14.2. The van der Waals surface area contributed by atoms with Gasteiger partial charge in [0.25, 0.3) is 5.91 Å². The normalized spacial score (nSPS) is 12.4. The van der Waals surface area contributed by atoms with E-state index in [0.717, 1.165) is 18.7 Å². The number of carbonyl (C=O) groups is 2. The molecule has 1 amide bonds. The number of nitrogens with zero attached hydrogens (tertiary/aromatic N) is 3. The van der Waals surface area contributed by atoms with Crippen molar-refractivity contribution in [3.63, 3.8) is 0 Å². The zero-order valence-corrected chi connectivity index (χ0v) is 16.0. The average Bonchev–Trinajstić information content (AvgIpc) is 3.19. The van der Waals surface area contributed by atoms with Gasteiger partial charge >= 0.3 is 5.97 Å². The summed E-state index contributed by atoms with van der Waals surface area (Å²) in [4.78, 5) is 34.9. The molecule has 0 saturated heterocycles. The Hall–Kier alpha value is -3.74. The number of amides is 1. The molecule has 1 aliphatic heterocycles. The van der Waals surface area contributed by atoms with E-state index in [1.54, 1.807) is 37.3 Å². The Kier molecular flexibility index (Phi) is 5.20. The molecule has 0 unspecified atom stereocenters. The largest absolute Gasteiger partial charge is 0.462 e. The maximum Gasteiger partial charge on any atom is 0.338 e. The fraction of sp³-hybridized carbons (Fsp3) is 0.182. The SMILES string of the molecule is CCOC(=O)c1ccc(NC(=O)c2cc(N3CCc4ccccc43)ncn2)cc1. The van der Waals surface area contributed by atoms with Crippen LogP contribution in [0.15, 0.2) is 60.9 Å². The zero-order chi connectivity index (χ0) is 20.2. The lowest BCUT2D eigenvalue weighted by atomic mass is 10.2. The number of benzene rings is 2. The fourth-order valence-corrected chi connectivity index (χ4v) is 3.29. The van der Waals surface area contributed by atoms with Gasteiger partial charge in [-0.05, 0) is 49.2 Å². The Morgan fingerprint density at radius 2 is 1.90 bits per heavy atom. The second-order valence-corrected chi connectivity index (χ2v) is 6.54. The van der Waals surface area contributed by atoms with E-state index in [0.29, 0.717) is 23.7 Å². The van der Waals surface area contributed by atoms with Crippen LogP contribution in [0.5, 0.6) is 0 Å². The highest BCUT2D eigenvalue weighted by Crippen LogP contribution is 2.33. The van der Waals surface area contributed by atoms with Gasteiger partial charge in [-0.1, -0.05) is 18.2 Å². The molecular formula is C22H20N4O3. The second-order valence-electron chi connectivity index (χ2n) is 6.54. The molecule has 2 heterocycles. The molecule has 7 heteroatoms. The van der Waals surface area contributed by atoms with Crippen molar-refractivity contribution in [2.75, 3.05) is 23.4 Å². The van der Waals surface area contributed by atoms with E-state index in [-0.39, 0.29) is 11.6 Å². The van der Waals surface area contributed by atoms with E-state index in [2.05, 4.69) is 32.3 Å². The molecule has 0 spiro atoms. The molecule has 0 saturated carbocycles. The van der Waals surface area contributed by atoms with Gasteiger partial charge in [0.1, 0.15) is 17.8 Å². The van der Waals surface area contributed by atoms with E-state index in [1.165, 1.54) is 11.9 Å². The Morgan fingerprint density at radius 3 is 2.69 bits per heavy atom. The summed E-state index contributed by atoms with van der Waals surface area (Å²) in [5.74, 6) is -0.0468. The molecule has 0 aliphatic carbocycles. The number of esters is 1. The topological polar surface area (TPSA) is 84.4 Å². The summed E-state index contributed by atoms with van der Waals surface area (Å²) in [6.45, 7) is 2.88. The van der Waals surface area contributed by atoms with Crippen LogP contribution in [0, 0.1) is 0 Å². The fourth-order valence-electron chi connectivity index (χ4n) is 3.29. The van der Waals surface area contributed by atoms with Crippen LogP contribution in [0.1, 0.15) is 33.3 Å². The van der Waals surface area contributed by atoms with E-state index in [1.807, 2.05) is 12.1 Å². The van der Waals surface area contributed by atoms with Crippen LogP contribution in [-0.2, 0) is 11.2 Å². The van der Waals surface area contributed by atoms with Gasteiger partial charge in [0.15, 0.2) is 0 Å². The number of aromatic nitrogens is 2.